The van der Waals surface area contributed by atoms with E-state index in [1.165, 1.54) is 0 Å². The van der Waals surface area contributed by atoms with Crippen LogP contribution in [0.1, 0.15) is 30.8 Å². The van der Waals surface area contributed by atoms with Crippen molar-refractivity contribution >= 4 is 0 Å². The van der Waals surface area contributed by atoms with Gasteiger partial charge in [0.05, 0.1) is 5.60 Å². The normalized spacial score (nSPS) is 11.8. The fourth-order valence-corrected chi connectivity index (χ4v) is 1.19. The van der Waals surface area contributed by atoms with Crippen LogP contribution in [0.25, 0.3) is 0 Å². The Morgan fingerprint density at radius 2 is 1.58 bits per heavy atom. The molecule has 0 bridgehead atoms. The van der Waals surface area contributed by atoms with Gasteiger partial charge in [-0.25, -0.2) is 0 Å². The first kappa shape index (κ1) is 9.20. The van der Waals surface area contributed by atoms with E-state index in [1.54, 1.807) is 13.8 Å². The van der Waals surface area contributed by atoms with Gasteiger partial charge in [-0.2, -0.15) is 0 Å². The van der Waals surface area contributed by atoms with E-state index in [1.807, 2.05) is 26.0 Å². The molecule has 12 heavy (non-hydrogen) atoms. The van der Waals surface area contributed by atoms with Crippen molar-refractivity contribution in [2.45, 2.75) is 33.3 Å². The van der Waals surface area contributed by atoms with E-state index in [-0.39, 0.29) is 0 Å². The summed E-state index contributed by atoms with van der Waals surface area (Å²) in [7, 11) is 0. The summed E-state index contributed by atoms with van der Waals surface area (Å²) in [4.78, 5) is 4.24. The second-order valence-electron chi connectivity index (χ2n) is 3.70. The van der Waals surface area contributed by atoms with E-state index < -0.39 is 5.60 Å². The molecule has 1 rings (SSSR count). The summed E-state index contributed by atoms with van der Waals surface area (Å²) in [5.41, 5.74) is 2.06. The minimum atomic E-state index is -0.765. The maximum absolute atomic E-state index is 9.71. The summed E-state index contributed by atoms with van der Waals surface area (Å²) in [5, 5.41) is 9.71. The van der Waals surface area contributed by atoms with Gasteiger partial charge in [0.15, 0.2) is 0 Å². The molecule has 1 heterocycles. The lowest BCUT2D eigenvalue weighted by atomic mass is 9.98. The highest BCUT2D eigenvalue weighted by Crippen LogP contribution is 2.20. The van der Waals surface area contributed by atoms with Gasteiger partial charge >= 0.3 is 0 Å². The molecule has 66 valence electrons. The van der Waals surface area contributed by atoms with Crippen molar-refractivity contribution in [3.63, 3.8) is 0 Å². The lowest BCUT2D eigenvalue weighted by Gasteiger charge is -2.18. The quantitative estimate of drug-likeness (QED) is 0.689. The van der Waals surface area contributed by atoms with Crippen LogP contribution >= 0.6 is 0 Å². The molecule has 2 nitrogen and oxygen atoms in total. The third-order valence-electron chi connectivity index (χ3n) is 1.79. The van der Waals surface area contributed by atoms with Gasteiger partial charge in [-0.1, -0.05) is 0 Å². The summed E-state index contributed by atoms with van der Waals surface area (Å²) >= 11 is 0. The Bertz CT molecular complexity index is 266. The van der Waals surface area contributed by atoms with E-state index in [4.69, 9.17) is 0 Å². The number of pyridine rings is 1. The van der Waals surface area contributed by atoms with Crippen molar-refractivity contribution in [1.29, 1.82) is 0 Å². The number of aliphatic hydroxyl groups is 1. The highest BCUT2D eigenvalue weighted by molar-refractivity contribution is 5.24. The standard InChI is InChI=1S/C10H15NO/c1-7-5-9(10(3,4)12)6-8(2)11-7/h5-6,12H,1-4H3. The summed E-state index contributed by atoms with van der Waals surface area (Å²) in [6.07, 6.45) is 0. The molecule has 0 unspecified atom stereocenters. The molecular weight excluding hydrogens is 150 g/mol. The average Bonchev–Trinajstić information content (AvgIpc) is 1.82. The minimum Gasteiger partial charge on any atom is -0.386 e. The van der Waals surface area contributed by atoms with Gasteiger partial charge in [-0.05, 0) is 45.4 Å². The van der Waals surface area contributed by atoms with Crippen molar-refractivity contribution in [2.24, 2.45) is 0 Å². The van der Waals surface area contributed by atoms with E-state index in [2.05, 4.69) is 4.98 Å². The van der Waals surface area contributed by atoms with Crippen molar-refractivity contribution in [1.82, 2.24) is 4.98 Å². The molecule has 0 amide bonds. The molecule has 0 spiro atoms. The Morgan fingerprint density at radius 1 is 1.17 bits per heavy atom. The van der Waals surface area contributed by atoms with Crippen LogP contribution in [-0.2, 0) is 5.60 Å². The predicted octanol–water partition coefficient (Wildman–Crippen LogP) is 1.93. The van der Waals surface area contributed by atoms with Crippen LogP contribution in [0, 0.1) is 13.8 Å². The molecule has 1 aromatic rings. The SMILES string of the molecule is Cc1cc(C(C)(C)O)cc(C)n1. The third-order valence-corrected chi connectivity index (χ3v) is 1.79. The topological polar surface area (TPSA) is 33.1 Å². The highest BCUT2D eigenvalue weighted by Gasteiger charge is 2.16. The van der Waals surface area contributed by atoms with Crippen LogP contribution in [0.4, 0.5) is 0 Å². The molecule has 0 saturated carbocycles. The summed E-state index contributed by atoms with van der Waals surface area (Å²) in [6.45, 7) is 7.42. The lowest BCUT2D eigenvalue weighted by molar-refractivity contribution is 0.0783. The number of aryl methyl sites for hydroxylation is 2. The number of rotatable bonds is 1. The molecule has 0 aliphatic heterocycles. The smallest absolute Gasteiger partial charge is 0.0841 e. The van der Waals surface area contributed by atoms with Crippen LogP contribution in [0.5, 0.6) is 0 Å². The van der Waals surface area contributed by atoms with Crippen LogP contribution in [0.3, 0.4) is 0 Å². The molecular formula is C10H15NO. The van der Waals surface area contributed by atoms with Gasteiger partial charge in [0.25, 0.3) is 0 Å². The minimum absolute atomic E-state index is 0.765. The van der Waals surface area contributed by atoms with Gasteiger partial charge in [-0.15, -0.1) is 0 Å². The Balaban J connectivity index is 3.18. The second-order valence-corrected chi connectivity index (χ2v) is 3.70. The first-order valence-electron chi connectivity index (χ1n) is 4.08. The molecule has 0 fully saturated rings. The van der Waals surface area contributed by atoms with Gasteiger partial charge in [0.1, 0.15) is 0 Å². The number of nitrogens with zero attached hydrogens (tertiary/aromatic N) is 1. The summed E-state index contributed by atoms with van der Waals surface area (Å²) in [6, 6.07) is 3.82. The van der Waals surface area contributed by atoms with Crippen molar-refractivity contribution in [3.05, 3.63) is 29.1 Å². The Labute approximate surface area is 73.3 Å². The fourth-order valence-electron chi connectivity index (χ4n) is 1.19. The van der Waals surface area contributed by atoms with E-state index in [9.17, 15) is 5.11 Å². The monoisotopic (exact) mass is 165 g/mol. The van der Waals surface area contributed by atoms with E-state index in [0.29, 0.717) is 0 Å². The van der Waals surface area contributed by atoms with Crippen LogP contribution in [0.2, 0.25) is 0 Å². The molecule has 0 radical (unpaired) electrons. The predicted molar refractivity (Wildman–Crippen MR) is 49.0 cm³/mol. The zero-order valence-electron chi connectivity index (χ0n) is 8.05. The third kappa shape index (κ3) is 2.05. The van der Waals surface area contributed by atoms with Crippen molar-refractivity contribution in [2.75, 3.05) is 0 Å². The molecule has 0 saturated heterocycles. The summed E-state index contributed by atoms with van der Waals surface area (Å²) < 4.78 is 0. The number of hydrogen-bond donors (Lipinski definition) is 1. The average molecular weight is 165 g/mol. The number of aromatic nitrogens is 1. The zero-order chi connectivity index (χ0) is 9.35. The molecule has 2 heteroatoms. The summed E-state index contributed by atoms with van der Waals surface area (Å²) in [5.74, 6) is 0. The van der Waals surface area contributed by atoms with Gasteiger partial charge in [-0.3, -0.25) is 4.98 Å². The lowest BCUT2D eigenvalue weighted by Crippen LogP contribution is -2.16. The molecule has 0 aromatic carbocycles. The van der Waals surface area contributed by atoms with Crippen molar-refractivity contribution < 1.29 is 5.11 Å². The van der Waals surface area contributed by atoms with Crippen LogP contribution in [0.15, 0.2) is 12.1 Å². The Hall–Kier alpha value is -0.890. The first-order valence-corrected chi connectivity index (χ1v) is 4.08. The first-order chi connectivity index (χ1) is 5.39. The zero-order valence-corrected chi connectivity index (χ0v) is 8.05. The van der Waals surface area contributed by atoms with Gasteiger partial charge in [0, 0.05) is 11.4 Å². The molecule has 1 aromatic heterocycles. The molecule has 1 N–H and O–H groups in total. The highest BCUT2D eigenvalue weighted by atomic mass is 16.3. The maximum atomic E-state index is 9.71. The number of hydrogen-bond acceptors (Lipinski definition) is 2. The second kappa shape index (κ2) is 2.87. The Kier molecular flexibility index (Phi) is 2.20. The molecule has 0 aliphatic rings. The largest absolute Gasteiger partial charge is 0.386 e. The van der Waals surface area contributed by atoms with E-state index in [0.717, 1.165) is 17.0 Å². The Morgan fingerprint density at radius 3 is 1.92 bits per heavy atom. The van der Waals surface area contributed by atoms with Crippen molar-refractivity contribution in [3.8, 4) is 0 Å². The van der Waals surface area contributed by atoms with Crippen LogP contribution in [-0.4, -0.2) is 10.1 Å². The molecule has 0 aliphatic carbocycles. The van der Waals surface area contributed by atoms with Gasteiger partial charge in [0.2, 0.25) is 0 Å². The fraction of sp³-hybridized carbons (Fsp3) is 0.500. The van der Waals surface area contributed by atoms with Crippen LogP contribution < -0.4 is 0 Å². The molecule has 0 atom stereocenters. The van der Waals surface area contributed by atoms with Gasteiger partial charge < -0.3 is 5.11 Å². The maximum Gasteiger partial charge on any atom is 0.0841 e. The van der Waals surface area contributed by atoms with E-state index >= 15 is 0 Å².